The number of carbonyl (C=O) groups excluding carboxylic acids is 2. The lowest BCUT2D eigenvalue weighted by Crippen LogP contribution is -2.36. The van der Waals surface area contributed by atoms with Gasteiger partial charge in [-0.25, -0.2) is 9.59 Å². The van der Waals surface area contributed by atoms with Crippen molar-refractivity contribution in [3.63, 3.8) is 0 Å². The molecule has 0 aromatic carbocycles. The highest BCUT2D eigenvalue weighted by molar-refractivity contribution is 5.88. The average Bonchev–Trinajstić information content (AvgIpc) is 2.96. The van der Waals surface area contributed by atoms with Gasteiger partial charge in [0.05, 0.1) is 24.4 Å². The van der Waals surface area contributed by atoms with E-state index in [-0.39, 0.29) is 18.1 Å². The monoisotopic (exact) mass is 321 g/mol. The van der Waals surface area contributed by atoms with Gasteiger partial charge in [-0.3, -0.25) is 9.58 Å². The number of amides is 1. The summed E-state index contributed by atoms with van der Waals surface area (Å²) in [6.45, 7) is 8.13. The summed E-state index contributed by atoms with van der Waals surface area (Å²) < 4.78 is 12.0. The van der Waals surface area contributed by atoms with E-state index in [0.29, 0.717) is 25.1 Å². The molecule has 7 heteroatoms. The lowest BCUT2D eigenvalue weighted by Gasteiger charge is -2.29. The molecule has 0 aliphatic carbocycles. The van der Waals surface area contributed by atoms with Crippen LogP contribution in [0.2, 0.25) is 0 Å². The van der Waals surface area contributed by atoms with Crippen molar-refractivity contribution in [2.45, 2.75) is 45.8 Å². The van der Waals surface area contributed by atoms with Crippen molar-refractivity contribution in [3.8, 4) is 0 Å². The van der Waals surface area contributed by atoms with Gasteiger partial charge in [0.2, 0.25) is 0 Å². The maximum Gasteiger partial charge on any atom is 0.414 e. The number of rotatable bonds is 3. The molecule has 7 nitrogen and oxygen atoms in total. The molecule has 0 fully saturated rings. The minimum Gasteiger partial charge on any atom is -0.462 e. The number of ether oxygens (including phenoxy) is 2. The molecule has 1 aromatic rings. The van der Waals surface area contributed by atoms with E-state index in [9.17, 15) is 9.59 Å². The van der Waals surface area contributed by atoms with Crippen molar-refractivity contribution in [1.29, 1.82) is 0 Å². The Morgan fingerprint density at radius 1 is 1.39 bits per heavy atom. The number of carbonyl (C=O) groups is 2. The van der Waals surface area contributed by atoms with Crippen LogP contribution in [0.4, 0.5) is 4.79 Å². The van der Waals surface area contributed by atoms with Crippen LogP contribution in [-0.4, -0.2) is 45.5 Å². The number of esters is 1. The van der Waals surface area contributed by atoms with Crippen molar-refractivity contribution < 1.29 is 19.1 Å². The molecule has 1 aliphatic heterocycles. The van der Waals surface area contributed by atoms with E-state index in [4.69, 9.17) is 9.47 Å². The van der Waals surface area contributed by atoms with Gasteiger partial charge in [0.1, 0.15) is 5.60 Å². The first-order valence-electron chi connectivity index (χ1n) is 7.69. The van der Waals surface area contributed by atoms with Crippen molar-refractivity contribution in [2.75, 3.05) is 13.2 Å². The van der Waals surface area contributed by atoms with Gasteiger partial charge < -0.3 is 9.47 Å². The summed E-state index contributed by atoms with van der Waals surface area (Å²) in [5.41, 5.74) is -0.0898. The van der Waals surface area contributed by atoms with E-state index in [0.717, 1.165) is 0 Å². The van der Waals surface area contributed by atoms with Crippen LogP contribution in [0.5, 0.6) is 0 Å². The van der Waals surface area contributed by atoms with Crippen LogP contribution in [0.3, 0.4) is 0 Å². The molecule has 0 saturated heterocycles. The quantitative estimate of drug-likeness (QED) is 0.800. The molecule has 0 radical (unpaired) electrons. The highest BCUT2D eigenvalue weighted by Gasteiger charge is 2.24. The Labute approximate surface area is 135 Å². The lowest BCUT2D eigenvalue weighted by molar-refractivity contribution is 0.0319. The van der Waals surface area contributed by atoms with Crippen LogP contribution >= 0.6 is 0 Å². The number of hydrogen-bond acceptors (Lipinski definition) is 5. The molecule has 0 spiro atoms. The van der Waals surface area contributed by atoms with Gasteiger partial charge in [0.15, 0.2) is 0 Å². The number of aromatic nitrogens is 2. The van der Waals surface area contributed by atoms with E-state index in [1.54, 1.807) is 24.0 Å². The van der Waals surface area contributed by atoms with Gasteiger partial charge in [-0.15, -0.1) is 0 Å². The van der Waals surface area contributed by atoms with Gasteiger partial charge in [-0.2, -0.15) is 5.10 Å². The second kappa shape index (κ2) is 6.85. The highest BCUT2D eigenvalue weighted by atomic mass is 16.6. The van der Waals surface area contributed by atoms with E-state index < -0.39 is 5.60 Å². The molecular weight excluding hydrogens is 298 g/mol. The summed E-state index contributed by atoms with van der Waals surface area (Å²) in [6, 6.07) is -0.00290. The van der Waals surface area contributed by atoms with E-state index >= 15 is 0 Å². The van der Waals surface area contributed by atoms with Crippen molar-refractivity contribution in [3.05, 3.63) is 30.2 Å². The Kier molecular flexibility index (Phi) is 5.08. The van der Waals surface area contributed by atoms with Crippen LogP contribution in [0.25, 0.3) is 0 Å². The van der Waals surface area contributed by atoms with Crippen LogP contribution < -0.4 is 0 Å². The van der Waals surface area contributed by atoms with E-state index in [1.807, 2.05) is 26.8 Å². The van der Waals surface area contributed by atoms with Crippen molar-refractivity contribution >= 4 is 12.1 Å². The number of nitrogens with zero attached hydrogens (tertiary/aromatic N) is 3. The minimum atomic E-state index is -0.516. The van der Waals surface area contributed by atoms with Gasteiger partial charge in [-0.1, -0.05) is 0 Å². The minimum absolute atomic E-state index is 0.00290. The summed E-state index contributed by atoms with van der Waals surface area (Å²) >= 11 is 0. The topological polar surface area (TPSA) is 73.7 Å². The fourth-order valence-electron chi connectivity index (χ4n) is 2.18. The molecule has 1 unspecified atom stereocenters. The third kappa shape index (κ3) is 4.58. The Morgan fingerprint density at radius 2 is 2.13 bits per heavy atom. The summed E-state index contributed by atoms with van der Waals surface area (Å²) in [7, 11) is 0. The Morgan fingerprint density at radius 3 is 2.70 bits per heavy atom. The summed E-state index contributed by atoms with van der Waals surface area (Å²) in [6.07, 6.45) is 7.06. The zero-order chi connectivity index (χ0) is 17.0. The molecule has 23 heavy (non-hydrogen) atoms. The molecule has 0 N–H and O–H groups in total. The fourth-order valence-corrected chi connectivity index (χ4v) is 2.18. The number of allylic oxidation sites excluding steroid dienone is 1. The third-order valence-electron chi connectivity index (χ3n) is 3.23. The van der Waals surface area contributed by atoms with Gasteiger partial charge in [0.25, 0.3) is 0 Å². The molecule has 1 atom stereocenters. The van der Waals surface area contributed by atoms with Crippen LogP contribution in [0, 0.1) is 0 Å². The summed E-state index contributed by atoms with van der Waals surface area (Å²) in [5, 5.41) is 4.20. The average molecular weight is 321 g/mol. The van der Waals surface area contributed by atoms with Gasteiger partial charge in [0, 0.05) is 18.9 Å². The van der Waals surface area contributed by atoms with Crippen LogP contribution in [0.15, 0.2) is 24.7 Å². The molecule has 1 aromatic heterocycles. The van der Waals surface area contributed by atoms with E-state index in [2.05, 4.69) is 5.10 Å². The molecule has 0 saturated carbocycles. The molecule has 2 rings (SSSR count). The standard InChI is InChI=1S/C16H23N3O4/c1-5-22-14(20)12-10-17-19(11-12)13-6-8-18(9-7-13)15(21)23-16(2,3)4/h6,8,10-11,13H,5,7,9H2,1-4H3. The third-order valence-corrected chi connectivity index (χ3v) is 3.23. The van der Waals surface area contributed by atoms with E-state index in [1.165, 1.54) is 11.1 Å². The Bertz CT molecular complexity index is 601. The first-order chi connectivity index (χ1) is 10.8. The van der Waals surface area contributed by atoms with Crippen LogP contribution in [-0.2, 0) is 9.47 Å². The maximum atomic E-state index is 12.0. The lowest BCUT2D eigenvalue weighted by atomic mass is 10.1. The number of hydrogen-bond donors (Lipinski definition) is 0. The Balaban J connectivity index is 1.99. The molecule has 0 bridgehead atoms. The van der Waals surface area contributed by atoms with Crippen molar-refractivity contribution in [1.82, 2.24) is 14.7 Å². The van der Waals surface area contributed by atoms with Crippen LogP contribution in [0.1, 0.15) is 50.5 Å². The van der Waals surface area contributed by atoms with Crippen molar-refractivity contribution in [2.24, 2.45) is 0 Å². The molecule has 2 heterocycles. The second-order valence-corrected chi connectivity index (χ2v) is 6.30. The molecular formula is C16H23N3O4. The largest absolute Gasteiger partial charge is 0.462 e. The normalized spacial score (nSPS) is 17.9. The zero-order valence-corrected chi connectivity index (χ0v) is 14.0. The van der Waals surface area contributed by atoms with Gasteiger partial charge in [-0.05, 0) is 40.2 Å². The predicted molar refractivity (Wildman–Crippen MR) is 83.9 cm³/mol. The fraction of sp³-hybridized carbons (Fsp3) is 0.562. The Hall–Kier alpha value is -2.31. The zero-order valence-electron chi connectivity index (χ0n) is 14.0. The molecule has 1 amide bonds. The summed E-state index contributed by atoms with van der Waals surface area (Å²) in [4.78, 5) is 25.2. The molecule has 1 aliphatic rings. The second-order valence-electron chi connectivity index (χ2n) is 6.30. The first kappa shape index (κ1) is 17.1. The SMILES string of the molecule is CCOC(=O)c1cnn(C2C=CN(C(=O)OC(C)(C)C)CC2)c1. The molecule has 126 valence electrons. The smallest absolute Gasteiger partial charge is 0.414 e. The summed E-state index contributed by atoms with van der Waals surface area (Å²) in [5.74, 6) is -0.381. The maximum absolute atomic E-state index is 12.0. The van der Waals surface area contributed by atoms with Gasteiger partial charge >= 0.3 is 12.1 Å². The first-order valence-corrected chi connectivity index (χ1v) is 7.69. The predicted octanol–water partition coefficient (Wildman–Crippen LogP) is 2.76. The highest BCUT2D eigenvalue weighted by Crippen LogP contribution is 2.21.